The molecule has 0 aromatic heterocycles. The van der Waals surface area contributed by atoms with E-state index in [4.69, 9.17) is 28.4 Å². The maximum atomic E-state index is 13.0. The number of esters is 1. The monoisotopic (exact) mass is 995 g/mol. The molecule has 70 heavy (non-hydrogen) atoms. The van der Waals surface area contributed by atoms with Gasteiger partial charge in [-0.1, -0.05) is 190 Å². The fraction of sp³-hybridized carbons (Fsp3) is 0.804. The lowest BCUT2D eigenvalue weighted by Gasteiger charge is -2.42. The molecule has 0 bridgehead atoms. The molecular weight excluding hydrogens is 897 g/mol. The first kappa shape index (κ1) is 63.8. The summed E-state index contributed by atoms with van der Waals surface area (Å²) in [6.45, 7) is 3.51. The predicted octanol–water partition coefficient (Wildman–Crippen LogP) is 8.91. The summed E-state index contributed by atoms with van der Waals surface area (Å²) in [4.78, 5) is 13.0. The molecule has 0 aromatic rings. The predicted molar refractivity (Wildman–Crippen MR) is 275 cm³/mol. The van der Waals surface area contributed by atoms with E-state index in [0.29, 0.717) is 19.4 Å². The number of ether oxygens (including phenoxy) is 6. The van der Waals surface area contributed by atoms with Gasteiger partial charge in [-0.2, -0.15) is 0 Å². The number of allylic oxidation sites excluding steroid dienone is 10. The molecule has 2 fully saturated rings. The van der Waals surface area contributed by atoms with Gasteiger partial charge in [0.05, 0.1) is 26.4 Å². The van der Waals surface area contributed by atoms with Crippen LogP contribution in [0.1, 0.15) is 187 Å². The van der Waals surface area contributed by atoms with Crippen LogP contribution in [0, 0.1) is 0 Å². The highest BCUT2D eigenvalue weighted by molar-refractivity contribution is 5.69. The van der Waals surface area contributed by atoms with Gasteiger partial charge < -0.3 is 64.2 Å². The summed E-state index contributed by atoms with van der Waals surface area (Å²) in [5, 5.41) is 72.2. The Morgan fingerprint density at radius 1 is 0.486 bits per heavy atom. The number of rotatable bonds is 43. The number of hydrogen-bond acceptors (Lipinski definition) is 14. The van der Waals surface area contributed by atoms with Crippen LogP contribution in [0.25, 0.3) is 0 Å². The molecule has 0 radical (unpaired) electrons. The second-order valence-electron chi connectivity index (χ2n) is 19.0. The number of unbranched alkanes of at least 4 members (excludes halogenated alkanes) is 19. The van der Waals surface area contributed by atoms with Gasteiger partial charge in [-0.25, -0.2) is 0 Å². The van der Waals surface area contributed by atoms with E-state index >= 15 is 0 Å². The van der Waals surface area contributed by atoms with Gasteiger partial charge in [0.15, 0.2) is 12.6 Å². The lowest BCUT2D eigenvalue weighted by atomic mass is 9.98. The van der Waals surface area contributed by atoms with Crippen molar-refractivity contribution >= 4 is 5.97 Å². The number of carbonyl (C=O) groups is 1. The van der Waals surface area contributed by atoms with Gasteiger partial charge >= 0.3 is 5.97 Å². The highest BCUT2D eigenvalue weighted by Crippen LogP contribution is 2.26. The topological polar surface area (TPSA) is 214 Å². The van der Waals surface area contributed by atoms with Crippen molar-refractivity contribution in [3.05, 3.63) is 60.8 Å². The summed E-state index contributed by atoms with van der Waals surface area (Å²) in [7, 11) is 0. The molecule has 2 aliphatic heterocycles. The first-order chi connectivity index (χ1) is 34.1. The summed E-state index contributed by atoms with van der Waals surface area (Å²) < 4.78 is 34.3. The zero-order valence-corrected chi connectivity index (χ0v) is 43.2. The van der Waals surface area contributed by atoms with Crippen LogP contribution in [0.4, 0.5) is 0 Å². The van der Waals surface area contributed by atoms with Crippen molar-refractivity contribution in [3.8, 4) is 0 Å². The zero-order valence-electron chi connectivity index (χ0n) is 43.2. The average molecular weight is 995 g/mol. The van der Waals surface area contributed by atoms with E-state index in [1.54, 1.807) is 0 Å². The van der Waals surface area contributed by atoms with Crippen LogP contribution in [0.15, 0.2) is 60.8 Å². The highest BCUT2D eigenvalue weighted by atomic mass is 16.7. The Bertz CT molecular complexity index is 1390. The van der Waals surface area contributed by atoms with Crippen molar-refractivity contribution in [1.29, 1.82) is 0 Å². The van der Waals surface area contributed by atoms with Gasteiger partial charge in [0, 0.05) is 13.0 Å². The molecule has 14 nitrogen and oxygen atoms in total. The molecule has 2 heterocycles. The van der Waals surface area contributed by atoms with Crippen LogP contribution in [0.3, 0.4) is 0 Å². The van der Waals surface area contributed by atoms with Crippen LogP contribution in [-0.4, -0.2) is 142 Å². The highest BCUT2D eigenvalue weighted by Gasteiger charge is 2.47. The molecule has 14 heteroatoms. The SMILES string of the molecule is CC/C=C\C/C=C\C/C=C\C/C=C\C/C=C\CCCC(=O)OC(COCCCCCCCCCCCCCCCCCCCCC)COC1OC(COC2OC(CO)C(O)C(O)C2O)C(O)C(O)C1O. The van der Waals surface area contributed by atoms with Crippen molar-refractivity contribution in [2.75, 3.05) is 33.0 Å². The number of carbonyl (C=O) groups excluding carboxylic acids is 1. The summed E-state index contributed by atoms with van der Waals surface area (Å²) in [5.41, 5.74) is 0. The molecule has 0 aromatic carbocycles. The normalized spacial score (nSPS) is 26.0. The standard InChI is InChI=1S/C56H98O14/c1-3-5-7-9-11-13-15-17-19-21-22-24-26-28-30-32-34-36-38-40-65-42-45(68-48(58)39-37-35-33-31-29-27-25-23-20-18-16-14-12-10-8-6-4-2)43-66-55-54(64)52(62)50(60)47(70-55)44-67-56-53(63)51(61)49(59)46(41-57)69-56/h6,8,12,14,18,20,25,27,31,33,45-47,49-57,59-64H,3-5,7,9-11,13,15-17,19,21-24,26,28-30,32,34-44H2,1-2H3/b8-6-,14-12-,20-18-,27-25-,33-31-. The third-order valence-electron chi connectivity index (χ3n) is 12.8. The lowest BCUT2D eigenvalue weighted by Crippen LogP contribution is -2.61. The molecule has 0 saturated carbocycles. The van der Waals surface area contributed by atoms with E-state index in [1.165, 1.54) is 103 Å². The summed E-state index contributed by atoms with van der Waals surface area (Å²) in [5.74, 6) is -0.431. The Balaban J connectivity index is 1.76. The smallest absolute Gasteiger partial charge is 0.306 e. The van der Waals surface area contributed by atoms with Crippen molar-refractivity contribution in [2.45, 2.75) is 255 Å². The Hall–Kier alpha value is -2.31. The summed E-state index contributed by atoms with van der Waals surface area (Å²) in [6.07, 6.45) is 35.8. The lowest BCUT2D eigenvalue weighted by molar-refractivity contribution is -0.332. The van der Waals surface area contributed by atoms with Gasteiger partial charge in [0.25, 0.3) is 0 Å². The summed E-state index contributed by atoms with van der Waals surface area (Å²) >= 11 is 0. The Kier molecular flexibility index (Phi) is 39.3. The van der Waals surface area contributed by atoms with E-state index in [9.17, 15) is 40.5 Å². The van der Waals surface area contributed by atoms with E-state index < -0.39 is 86.7 Å². The number of hydrogen-bond donors (Lipinski definition) is 7. The Morgan fingerprint density at radius 2 is 0.914 bits per heavy atom. The minimum atomic E-state index is -1.72. The first-order valence-electron chi connectivity index (χ1n) is 27.4. The number of aliphatic hydroxyl groups is 7. The average Bonchev–Trinajstić information content (AvgIpc) is 3.36. The van der Waals surface area contributed by atoms with Gasteiger partial charge in [-0.3, -0.25) is 4.79 Å². The maximum absolute atomic E-state index is 13.0. The summed E-state index contributed by atoms with van der Waals surface area (Å²) in [6, 6.07) is 0. The molecule has 0 aliphatic carbocycles. The Morgan fingerprint density at radius 3 is 1.40 bits per heavy atom. The van der Waals surface area contributed by atoms with Crippen LogP contribution in [0.2, 0.25) is 0 Å². The van der Waals surface area contributed by atoms with Crippen LogP contribution >= 0.6 is 0 Å². The molecule has 2 aliphatic rings. The van der Waals surface area contributed by atoms with Crippen LogP contribution in [-0.2, 0) is 33.2 Å². The van der Waals surface area contributed by atoms with E-state index in [2.05, 4.69) is 68.5 Å². The van der Waals surface area contributed by atoms with Gasteiger partial charge in [0.2, 0.25) is 0 Å². The largest absolute Gasteiger partial charge is 0.457 e. The second kappa shape index (κ2) is 43.1. The molecular formula is C56H98O14. The third-order valence-corrected chi connectivity index (χ3v) is 12.8. The molecule has 0 spiro atoms. The van der Waals surface area contributed by atoms with Crippen molar-refractivity contribution < 1.29 is 69.0 Å². The molecule has 2 rings (SSSR count). The molecule has 11 unspecified atom stereocenters. The van der Waals surface area contributed by atoms with Gasteiger partial charge in [-0.15, -0.1) is 0 Å². The molecule has 0 amide bonds. The third kappa shape index (κ3) is 30.0. The van der Waals surface area contributed by atoms with Gasteiger partial charge in [0.1, 0.15) is 54.9 Å². The maximum Gasteiger partial charge on any atom is 0.306 e. The second-order valence-corrected chi connectivity index (χ2v) is 19.0. The van der Waals surface area contributed by atoms with Gasteiger partial charge in [-0.05, 0) is 51.4 Å². The van der Waals surface area contributed by atoms with Crippen LogP contribution < -0.4 is 0 Å². The minimum absolute atomic E-state index is 0.0389. The molecule has 406 valence electrons. The fourth-order valence-electron chi connectivity index (χ4n) is 8.38. The van der Waals surface area contributed by atoms with Crippen molar-refractivity contribution in [1.82, 2.24) is 0 Å². The number of aliphatic hydroxyl groups excluding tert-OH is 7. The minimum Gasteiger partial charge on any atom is -0.457 e. The van der Waals surface area contributed by atoms with E-state index in [-0.39, 0.29) is 19.6 Å². The first-order valence-corrected chi connectivity index (χ1v) is 27.4. The van der Waals surface area contributed by atoms with E-state index in [0.717, 1.165) is 51.4 Å². The van der Waals surface area contributed by atoms with Crippen molar-refractivity contribution in [2.24, 2.45) is 0 Å². The Labute approximate surface area is 422 Å². The van der Waals surface area contributed by atoms with E-state index in [1.807, 2.05) is 6.08 Å². The van der Waals surface area contributed by atoms with Crippen molar-refractivity contribution in [3.63, 3.8) is 0 Å². The molecule has 7 N–H and O–H groups in total. The quantitative estimate of drug-likeness (QED) is 0.0173. The molecule has 11 atom stereocenters. The molecule has 2 saturated heterocycles. The fourth-order valence-corrected chi connectivity index (χ4v) is 8.38. The van der Waals surface area contributed by atoms with Crippen LogP contribution in [0.5, 0.6) is 0 Å². The zero-order chi connectivity index (χ0) is 50.9.